The number of hydrogen-bond acceptors (Lipinski definition) is 6. The minimum Gasteiger partial charge on any atom is -0.394 e. The standard InChI is InChI=1S/C9H18N2O5S/c12-4-8(5-13)11-9(14)3-7-6-17(15,16)2-1-10-7/h7-8,10,12-13H,1-6H2,(H,11,14). The van der Waals surface area contributed by atoms with Gasteiger partial charge in [0.05, 0.1) is 30.8 Å². The molecule has 0 aromatic heterocycles. The lowest BCUT2D eigenvalue weighted by Crippen LogP contribution is -2.49. The summed E-state index contributed by atoms with van der Waals surface area (Å²) in [4.78, 5) is 11.5. The molecule has 100 valence electrons. The molecular weight excluding hydrogens is 248 g/mol. The Morgan fingerprint density at radius 2 is 2.06 bits per heavy atom. The molecule has 1 unspecified atom stereocenters. The van der Waals surface area contributed by atoms with Crippen LogP contribution in [0.2, 0.25) is 0 Å². The van der Waals surface area contributed by atoms with E-state index in [1.165, 1.54) is 0 Å². The number of carbonyl (C=O) groups excluding carboxylic acids is 1. The summed E-state index contributed by atoms with van der Waals surface area (Å²) in [6.45, 7) is -0.346. The second kappa shape index (κ2) is 6.29. The first-order chi connectivity index (χ1) is 7.96. The molecule has 7 nitrogen and oxygen atoms in total. The van der Waals surface area contributed by atoms with Gasteiger partial charge in [0.2, 0.25) is 5.91 Å². The SMILES string of the molecule is O=C(CC1CS(=O)(=O)CCN1)NC(CO)CO. The van der Waals surface area contributed by atoms with Gasteiger partial charge in [-0.3, -0.25) is 4.79 Å². The van der Waals surface area contributed by atoms with Gasteiger partial charge in [-0.05, 0) is 0 Å². The van der Waals surface area contributed by atoms with E-state index < -0.39 is 21.9 Å². The summed E-state index contributed by atoms with van der Waals surface area (Å²) in [6, 6.07) is -1.09. The zero-order valence-corrected chi connectivity index (χ0v) is 10.2. The summed E-state index contributed by atoms with van der Waals surface area (Å²) < 4.78 is 22.7. The van der Waals surface area contributed by atoms with Crippen molar-refractivity contribution in [3.63, 3.8) is 0 Å². The van der Waals surface area contributed by atoms with Crippen LogP contribution < -0.4 is 10.6 Å². The molecule has 1 heterocycles. The van der Waals surface area contributed by atoms with Gasteiger partial charge in [0.25, 0.3) is 0 Å². The van der Waals surface area contributed by atoms with Crippen molar-refractivity contribution in [2.75, 3.05) is 31.3 Å². The third-order valence-electron chi connectivity index (χ3n) is 2.54. The smallest absolute Gasteiger partial charge is 0.221 e. The second-order valence-electron chi connectivity index (χ2n) is 4.10. The summed E-state index contributed by atoms with van der Waals surface area (Å²) in [5.74, 6) is -0.336. The van der Waals surface area contributed by atoms with Crippen LogP contribution in [0.1, 0.15) is 6.42 Å². The molecule has 0 aromatic carbocycles. The highest BCUT2D eigenvalue weighted by atomic mass is 32.2. The topological polar surface area (TPSA) is 116 Å². The quantitative estimate of drug-likeness (QED) is 0.428. The Bertz CT molecular complexity index is 352. The molecule has 0 aliphatic carbocycles. The van der Waals surface area contributed by atoms with Crippen molar-refractivity contribution in [1.82, 2.24) is 10.6 Å². The number of sulfone groups is 1. The summed E-state index contributed by atoms with van der Waals surface area (Å²) in [5, 5.41) is 22.9. The molecule has 1 amide bonds. The molecule has 1 aliphatic heterocycles. The summed E-state index contributed by atoms with van der Waals surface area (Å²) in [6.07, 6.45) is 0.0235. The molecule has 4 N–H and O–H groups in total. The van der Waals surface area contributed by atoms with Crippen molar-refractivity contribution < 1.29 is 23.4 Å². The zero-order chi connectivity index (χ0) is 12.9. The van der Waals surface area contributed by atoms with E-state index >= 15 is 0 Å². The first kappa shape index (κ1) is 14.4. The van der Waals surface area contributed by atoms with Gasteiger partial charge in [-0.15, -0.1) is 0 Å². The third-order valence-corrected chi connectivity index (χ3v) is 4.28. The minimum absolute atomic E-state index is 0.0235. The van der Waals surface area contributed by atoms with E-state index in [4.69, 9.17) is 10.2 Å². The highest BCUT2D eigenvalue weighted by Gasteiger charge is 2.26. The lowest BCUT2D eigenvalue weighted by Gasteiger charge is -2.24. The Hall–Kier alpha value is -0.700. The van der Waals surface area contributed by atoms with Crippen molar-refractivity contribution in [1.29, 1.82) is 0 Å². The van der Waals surface area contributed by atoms with Crippen molar-refractivity contribution in [2.45, 2.75) is 18.5 Å². The summed E-state index contributed by atoms with van der Waals surface area (Å²) in [5.41, 5.74) is 0. The van der Waals surface area contributed by atoms with E-state index in [0.717, 1.165) is 0 Å². The van der Waals surface area contributed by atoms with Crippen LogP contribution in [0.25, 0.3) is 0 Å². The molecule has 0 spiro atoms. The molecule has 1 aliphatic rings. The molecular formula is C9H18N2O5S. The molecule has 0 saturated carbocycles. The lowest BCUT2D eigenvalue weighted by molar-refractivity contribution is -0.122. The molecule has 0 radical (unpaired) electrons. The molecule has 1 rings (SSSR count). The van der Waals surface area contributed by atoms with Gasteiger partial charge >= 0.3 is 0 Å². The normalized spacial score (nSPS) is 23.6. The van der Waals surface area contributed by atoms with Gasteiger partial charge in [0.15, 0.2) is 9.84 Å². The Balaban J connectivity index is 2.40. The zero-order valence-electron chi connectivity index (χ0n) is 9.42. The highest BCUT2D eigenvalue weighted by Crippen LogP contribution is 2.04. The van der Waals surface area contributed by atoms with Crippen LogP contribution >= 0.6 is 0 Å². The first-order valence-electron chi connectivity index (χ1n) is 5.41. The van der Waals surface area contributed by atoms with Crippen LogP contribution in [0, 0.1) is 0 Å². The second-order valence-corrected chi connectivity index (χ2v) is 6.33. The number of aliphatic hydroxyl groups is 2. The Kier molecular flexibility index (Phi) is 5.31. The average molecular weight is 266 g/mol. The fraction of sp³-hybridized carbons (Fsp3) is 0.889. The molecule has 1 saturated heterocycles. The monoisotopic (exact) mass is 266 g/mol. The minimum atomic E-state index is -3.06. The van der Waals surface area contributed by atoms with Crippen molar-refractivity contribution in [3.8, 4) is 0 Å². The maximum atomic E-state index is 11.5. The van der Waals surface area contributed by atoms with E-state index in [2.05, 4.69) is 10.6 Å². The largest absolute Gasteiger partial charge is 0.394 e. The van der Waals surface area contributed by atoms with E-state index in [0.29, 0.717) is 6.54 Å². The molecule has 17 heavy (non-hydrogen) atoms. The van der Waals surface area contributed by atoms with Crippen molar-refractivity contribution in [2.24, 2.45) is 0 Å². The number of rotatable bonds is 5. The first-order valence-corrected chi connectivity index (χ1v) is 7.24. The Labute approximate surface area is 100 Å². The molecule has 0 aromatic rings. The number of nitrogens with one attached hydrogen (secondary N) is 2. The maximum absolute atomic E-state index is 11.5. The van der Waals surface area contributed by atoms with Crippen LogP contribution in [0.5, 0.6) is 0 Å². The summed E-state index contributed by atoms with van der Waals surface area (Å²) in [7, 11) is -3.06. The third kappa shape index (κ3) is 4.99. The van der Waals surface area contributed by atoms with Crippen LogP contribution in [0.15, 0.2) is 0 Å². The van der Waals surface area contributed by atoms with Crippen LogP contribution in [0.3, 0.4) is 0 Å². The molecule has 8 heteroatoms. The van der Waals surface area contributed by atoms with E-state index in [9.17, 15) is 13.2 Å². The van der Waals surface area contributed by atoms with Gasteiger partial charge < -0.3 is 20.8 Å². The van der Waals surface area contributed by atoms with Gasteiger partial charge in [0, 0.05) is 19.0 Å². The van der Waals surface area contributed by atoms with Gasteiger partial charge in [-0.2, -0.15) is 0 Å². The number of aliphatic hydroxyl groups excluding tert-OH is 2. The Morgan fingerprint density at radius 1 is 1.41 bits per heavy atom. The number of hydrogen-bond donors (Lipinski definition) is 4. The summed E-state index contributed by atoms with van der Waals surface area (Å²) >= 11 is 0. The van der Waals surface area contributed by atoms with Crippen LogP contribution in [-0.2, 0) is 14.6 Å². The molecule has 0 bridgehead atoms. The fourth-order valence-electron chi connectivity index (χ4n) is 1.66. The van der Waals surface area contributed by atoms with Crippen LogP contribution in [-0.4, -0.2) is 67.9 Å². The highest BCUT2D eigenvalue weighted by molar-refractivity contribution is 7.91. The van der Waals surface area contributed by atoms with Gasteiger partial charge in [-0.25, -0.2) is 8.42 Å². The predicted octanol–water partition coefficient (Wildman–Crippen LogP) is -2.77. The average Bonchev–Trinajstić information content (AvgIpc) is 2.24. The van der Waals surface area contributed by atoms with E-state index in [1.807, 2.05) is 0 Å². The number of carbonyl (C=O) groups is 1. The predicted molar refractivity (Wildman–Crippen MR) is 61.2 cm³/mol. The lowest BCUT2D eigenvalue weighted by atomic mass is 10.2. The van der Waals surface area contributed by atoms with Crippen molar-refractivity contribution in [3.05, 3.63) is 0 Å². The number of amides is 1. The van der Waals surface area contributed by atoms with Gasteiger partial charge in [-0.1, -0.05) is 0 Å². The van der Waals surface area contributed by atoms with Crippen LogP contribution in [0.4, 0.5) is 0 Å². The van der Waals surface area contributed by atoms with E-state index in [-0.39, 0.29) is 37.0 Å². The van der Waals surface area contributed by atoms with E-state index in [1.54, 1.807) is 0 Å². The molecule has 1 atom stereocenters. The Morgan fingerprint density at radius 3 is 2.59 bits per heavy atom. The van der Waals surface area contributed by atoms with Crippen molar-refractivity contribution >= 4 is 15.7 Å². The maximum Gasteiger partial charge on any atom is 0.221 e. The fourth-order valence-corrected chi connectivity index (χ4v) is 3.10. The van der Waals surface area contributed by atoms with Gasteiger partial charge in [0.1, 0.15) is 0 Å². The molecule has 1 fully saturated rings.